The quantitative estimate of drug-likeness (QED) is 0.614. The highest BCUT2D eigenvalue weighted by Crippen LogP contribution is 2.48. The molecule has 3 aliphatic rings. The zero-order valence-corrected chi connectivity index (χ0v) is 18.2. The van der Waals surface area contributed by atoms with Gasteiger partial charge in [-0.05, 0) is 29.8 Å². The zero-order chi connectivity index (χ0) is 21.9. The van der Waals surface area contributed by atoms with Gasteiger partial charge in [0, 0.05) is 15.6 Å². The summed E-state index contributed by atoms with van der Waals surface area (Å²) in [6.45, 7) is 0. The van der Waals surface area contributed by atoms with Crippen LogP contribution >= 0.6 is 15.9 Å². The first-order valence-electron chi connectivity index (χ1n) is 9.63. The SMILES string of the molecule is COc1ccc2c(c1OC)C(=O)C1=C(C2=O)[C@H](c2ccc(Br)cc2)O[C@H]2CC(=O)O[C@@H]12. The smallest absolute Gasteiger partial charge is 0.309 e. The van der Waals surface area contributed by atoms with Crippen LogP contribution in [0.4, 0.5) is 0 Å². The molecule has 2 aromatic rings. The second-order valence-corrected chi connectivity index (χ2v) is 8.35. The van der Waals surface area contributed by atoms with Crippen LogP contribution in [0.15, 0.2) is 52.0 Å². The lowest BCUT2D eigenvalue weighted by atomic mass is 9.75. The van der Waals surface area contributed by atoms with Crippen LogP contribution in [0.2, 0.25) is 0 Å². The molecular formula is C23H17BrO7. The van der Waals surface area contributed by atoms with Crippen molar-refractivity contribution in [2.24, 2.45) is 0 Å². The van der Waals surface area contributed by atoms with E-state index in [4.69, 9.17) is 18.9 Å². The molecule has 2 aliphatic heterocycles. The minimum atomic E-state index is -0.935. The highest BCUT2D eigenvalue weighted by atomic mass is 79.9. The molecule has 0 N–H and O–H groups in total. The van der Waals surface area contributed by atoms with Gasteiger partial charge in [-0.25, -0.2) is 0 Å². The van der Waals surface area contributed by atoms with E-state index in [0.717, 1.165) is 4.47 Å². The fraction of sp³-hybridized carbons (Fsp3) is 0.261. The molecule has 0 unspecified atom stereocenters. The van der Waals surface area contributed by atoms with Crippen molar-refractivity contribution in [1.29, 1.82) is 0 Å². The van der Waals surface area contributed by atoms with Crippen molar-refractivity contribution in [3.8, 4) is 11.5 Å². The molecule has 31 heavy (non-hydrogen) atoms. The summed E-state index contributed by atoms with van der Waals surface area (Å²) in [5.41, 5.74) is 1.37. The van der Waals surface area contributed by atoms with Crippen molar-refractivity contribution in [2.45, 2.75) is 24.7 Å². The summed E-state index contributed by atoms with van der Waals surface area (Å²) in [5.74, 6) is -0.738. The second-order valence-electron chi connectivity index (χ2n) is 7.43. The van der Waals surface area contributed by atoms with Crippen LogP contribution in [0.25, 0.3) is 0 Å². The molecule has 0 aromatic heterocycles. The lowest BCUT2D eigenvalue weighted by molar-refractivity contribution is -0.140. The maximum atomic E-state index is 13.7. The van der Waals surface area contributed by atoms with Gasteiger partial charge in [-0.2, -0.15) is 0 Å². The lowest BCUT2D eigenvalue weighted by Crippen LogP contribution is -2.42. The first-order chi connectivity index (χ1) is 14.9. The van der Waals surface area contributed by atoms with Gasteiger partial charge in [0.1, 0.15) is 12.2 Å². The summed E-state index contributed by atoms with van der Waals surface area (Å²) < 4.78 is 23.2. The predicted octanol–water partition coefficient (Wildman–Crippen LogP) is 3.60. The van der Waals surface area contributed by atoms with Crippen molar-refractivity contribution in [3.05, 3.63) is 68.7 Å². The Hall–Kier alpha value is -2.97. The van der Waals surface area contributed by atoms with Crippen molar-refractivity contribution >= 4 is 33.5 Å². The molecule has 3 atom stereocenters. The highest BCUT2D eigenvalue weighted by Gasteiger charge is 2.53. The van der Waals surface area contributed by atoms with Gasteiger partial charge in [0.15, 0.2) is 29.2 Å². The van der Waals surface area contributed by atoms with Gasteiger partial charge >= 0.3 is 5.97 Å². The topological polar surface area (TPSA) is 88.1 Å². The summed E-state index contributed by atoms with van der Waals surface area (Å²) in [4.78, 5) is 39.4. The average Bonchev–Trinajstić information content (AvgIpc) is 3.15. The Bertz CT molecular complexity index is 1170. The van der Waals surface area contributed by atoms with Gasteiger partial charge in [-0.15, -0.1) is 0 Å². The summed E-state index contributed by atoms with van der Waals surface area (Å²) >= 11 is 3.40. The lowest BCUT2D eigenvalue weighted by Gasteiger charge is -2.37. The van der Waals surface area contributed by atoms with Gasteiger partial charge in [0.2, 0.25) is 0 Å². The van der Waals surface area contributed by atoms with E-state index in [1.807, 2.05) is 24.3 Å². The van der Waals surface area contributed by atoms with Crippen LogP contribution < -0.4 is 9.47 Å². The normalized spacial score (nSPS) is 24.4. The molecule has 0 radical (unpaired) electrons. The van der Waals surface area contributed by atoms with E-state index in [1.165, 1.54) is 14.2 Å². The van der Waals surface area contributed by atoms with Gasteiger partial charge in [-0.3, -0.25) is 14.4 Å². The van der Waals surface area contributed by atoms with Crippen molar-refractivity contribution in [2.75, 3.05) is 14.2 Å². The minimum absolute atomic E-state index is 0.0120. The number of methoxy groups -OCH3 is 2. The number of esters is 1. The number of halogens is 1. The van der Waals surface area contributed by atoms with Crippen molar-refractivity contribution < 1.29 is 33.3 Å². The summed E-state index contributed by atoms with van der Waals surface area (Å²) in [6, 6.07) is 10.4. The number of ether oxygens (including phenoxy) is 4. The Kier molecular flexibility index (Phi) is 4.71. The van der Waals surface area contributed by atoms with Gasteiger partial charge in [-0.1, -0.05) is 28.1 Å². The molecule has 1 aliphatic carbocycles. The highest BCUT2D eigenvalue weighted by molar-refractivity contribution is 9.10. The maximum absolute atomic E-state index is 13.7. The molecule has 0 bridgehead atoms. The van der Waals surface area contributed by atoms with Crippen LogP contribution in [0.5, 0.6) is 11.5 Å². The Morgan fingerprint density at radius 2 is 1.68 bits per heavy atom. The number of ketones is 2. The Morgan fingerprint density at radius 3 is 2.35 bits per heavy atom. The molecule has 0 spiro atoms. The van der Waals surface area contributed by atoms with E-state index in [1.54, 1.807) is 12.1 Å². The van der Waals surface area contributed by atoms with Crippen LogP contribution in [0, 0.1) is 0 Å². The molecule has 158 valence electrons. The van der Waals surface area contributed by atoms with E-state index < -0.39 is 30.1 Å². The van der Waals surface area contributed by atoms with Gasteiger partial charge in [0.25, 0.3) is 0 Å². The van der Waals surface area contributed by atoms with Crippen molar-refractivity contribution in [3.63, 3.8) is 0 Å². The number of fused-ring (bicyclic) bond motifs is 3. The number of carbonyl (C=O) groups is 3. The van der Waals surface area contributed by atoms with Crippen LogP contribution in [0.1, 0.15) is 38.8 Å². The molecule has 8 heteroatoms. The number of hydrogen-bond acceptors (Lipinski definition) is 7. The zero-order valence-electron chi connectivity index (χ0n) is 16.6. The van der Waals surface area contributed by atoms with E-state index in [-0.39, 0.29) is 40.2 Å². The molecule has 7 nitrogen and oxygen atoms in total. The van der Waals surface area contributed by atoms with E-state index in [0.29, 0.717) is 11.3 Å². The maximum Gasteiger partial charge on any atom is 0.309 e. The number of hydrogen-bond donors (Lipinski definition) is 0. The first kappa shape index (κ1) is 20.0. The van der Waals surface area contributed by atoms with Crippen LogP contribution in [-0.2, 0) is 14.3 Å². The molecule has 2 heterocycles. The average molecular weight is 485 g/mol. The monoisotopic (exact) mass is 484 g/mol. The third-order valence-corrected chi connectivity index (χ3v) is 6.32. The standard InChI is InChI=1S/C23H17BrO7/c1-28-13-8-7-12-16(22(13)29-2)20(27)18-17(19(12)26)21(10-3-5-11(24)6-4-10)30-14-9-15(25)31-23(14)18/h3-8,14,21,23H,9H2,1-2H3/t14-,21-,23+/m0/s1. The molecule has 5 rings (SSSR count). The van der Waals surface area contributed by atoms with Gasteiger partial charge in [0.05, 0.1) is 31.8 Å². The van der Waals surface area contributed by atoms with Gasteiger partial charge < -0.3 is 18.9 Å². The van der Waals surface area contributed by atoms with Crippen LogP contribution in [0.3, 0.4) is 0 Å². The minimum Gasteiger partial charge on any atom is -0.493 e. The third kappa shape index (κ3) is 2.93. The number of benzene rings is 2. The predicted molar refractivity (Wildman–Crippen MR) is 111 cm³/mol. The number of rotatable bonds is 3. The fourth-order valence-corrected chi connectivity index (χ4v) is 4.70. The number of Topliss-reactive ketones (excluding diaryl/α,β-unsaturated/α-hetero) is 2. The fourth-order valence-electron chi connectivity index (χ4n) is 4.44. The largest absolute Gasteiger partial charge is 0.493 e. The molecule has 1 saturated heterocycles. The summed E-state index contributed by atoms with van der Waals surface area (Å²) in [5, 5.41) is 0. The van der Waals surface area contributed by atoms with Crippen LogP contribution in [-0.4, -0.2) is 44.0 Å². The molecule has 2 aromatic carbocycles. The Morgan fingerprint density at radius 1 is 0.935 bits per heavy atom. The number of carbonyl (C=O) groups excluding carboxylic acids is 3. The third-order valence-electron chi connectivity index (χ3n) is 5.79. The molecule has 1 fully saturated rings. The van der Waals surface area contributed by atoms with E-state index >= 15 is 0 Å². The second kappa shape index (κ2) is 7.32. The van der Waals surface area contributed by atoms with E-state index in [9.17, 15) is 14.4 Å². The Labute approximate surface area is 186 Å². The van der Waals surface area contributed by atoms with Crippen molar-refractivity contribution in [1.82, 2.24) is 0 Å². The molecular weight excluding hydrogens is 468 g/mol. The Balaban J connectivity index is 1.74. The first-order valence-corrected chi connectivity index (χ1v) is 10.4. The summed E-state index contributed by atoms with van der Waals surface area (Å²) in [7, 11) is 2.86. The molecule has 0 saturated carbocycles. The summed E-state index contributed by atoms with van der Waals surface area (Å²) in [6.07, 6.45) is -2.38. The van der Waals surface area contributed by atoms with E-state index in [2.05, 4.69) is 15.9 Å². The molecule has 0 amide bonds.